The molecule has 0 aliphatic heterocycles. The quantitative estimate of drug-likeness (QED) is 0.443. The molecule has 7 nitrogen and oxygen atoms in total. The van der Waals surface area contributed by atoms with Crippen LogP contribution in [-0.2, 0) is 20.2 Å². The average molecular weight is 369 g/mol. The second-order valence-corrected chi connectivity index (χ2v) is 7.89. The molecule has 1 rings (SSSR count). The molecule has 0 fully saturated rings. The maximum absolute atomic E-state index is 11.3. The van der Waals surface area contributed by atoms with Crippen molar-refractivity contribution in [2.75, 3.05) is 0 Å². The van der Waals surface area contributed by atoms with Gasteiger partial charge in [0.25, 0.3) is 20.2 Å². The zero-order chi connectivity index (χ0) is 15.8. The van der Waals surface area contributed by atoms with E-state index in [9.17, 15) is 16.8 Å². The Labute approximate surface area is 174 Å². The molecular formula is C11H17NNa2O6S2. The van der Waals surface area contributed by atoms with E-state index in [0.717, 1.165) is 12.1 Å². The van der Waals surface area contributed by atoms with Crippen LogP contribution >= 0.6 is 0 Å². The molecule has 1 aromatic carbocycles. The second-order valence-electron chi connectivity index (χ2n) is 5.08. The van der Waals surface area contributed by atoms with E-state index in [4.69, 9.17) is 9.11 Å². The van der Waals surface area contributed by atoms with Crippen molar-refractivity contribution in [1.29, 1.82) is 0 Å². The van der Waals surface area contributed by atoms with Gasteiger partial charge in [-0.2, -0.15) is 16.8 Å². The number of benzene rings is 1. The number of nitrogens with zero attached hydrogens (tertiary/aromatic N) is 1. The van der Waals surface area contributed by atoms with Crippen LogP contribution in [0.5, 0.6) is 0 Å². The zero-order valence-corrected chi connectivity index (χ0v) is 12.7. The van der Waals surface area contributed by atoms with Crippen molar-refractivity contribution in [3.8, 4) is 0 Å². The van der Waals surface area contributed by atoms with Gasteiger partial charge in [0.05, 0.1) is 10.4 Å². The van der Waals surface area contributed by atoms with Gasteiger partial charge >= 0.3 is 59.1 Å². The molecule has 0 heterocycles. The Morgan fingerprint density at radius 2 is 1.50 bits per heavy atom. The molecule has 0 aliphatic carbocycles. The van der Waals surface area contributed by atoms with Crippen molar-refractivity contribution in [3.63, 3.8) is 0 Å². The summed E-state index contributed by atoms with van der Waals surface area (Å²) in [6.07, 6.45) is 1.22. The molecule has 0 saturated heterocycles. The Bertz CT molecular complexity index is 751. The van der Waals surface area contributed by atoms with Crippen molar-refractivity contribution < 1.29 is 25.9 Å². The molecule has 22 heavy (non-hydrogen) atoms. The predicted molar refractivity (Wildman–Crippen MR) is 87.7 cm³/mol. The molecule has 1 aromatic rings. The molecule has 0 aliphatic rings. The molecule has 0 atom stereocenters. The van der Waals surface area contributed by atoms with Crippen LogP contribution in [-0.4, -0.2) is 96.8 Å². The van der Waals surface area contributed by atoms with Crippen LogP contribution in [0.1, 0.15) is 26.3 Å². The summed E-state index contributed by atoms with van der Waals surface area (Å²) < 4.78 is 62.5. The number of hydrogen-bond acceptors (Lipinski definition) is 5. The van der Waals surface area contributed by atoms with Gasteiger partial charge in [-0.15, -0.1) is 0 Å². The summed E-state index contributed by atoms with van der Waals surface area (Å²) in [5, 5.41) is 0. The van der Waals surface area contributed by atoms with Crippen LogP contribution in [0.2, 0.25) is 0 Å². The number of rotatable bonds is 3. The normalized spacial score (nSPS) is 12.6. The Hall–Kier alpha value is 0.710. The average Bonchev–Trinajstić information content (AvgIpc) is 2.22. The fourth-order valence-corrected chi connectivity index (χ4v) is 2.54. The van der Waals surface area contributed by atoms with Gasteiger partial charge in [-0.3, -0.25) is 14.1 Å². The van der Waals surface area contributed by atoms with Gasteiger partial charge in [0.1, 0.15) is 4.90 Å². The Kier molecular flexibility index (Phi) is 9.87. The van der Waals surface area contributed by atoms with Crippen LogP contribution in [0.3, 0.4) is 0 Å². The summed E-state index contributed by atoms with van der Waals surface area (Å²) in [7, 11) is -9.22. The summed E-state index contributed by atoms with van der Waals surface area (Å²) in [4.78, 5) is 2.82. The van der Waals surface area contributed by atoms with Crippen LogP contribution in [0.25, 0.3) is 0 Å². The zero-order valence-electron chi connectivity index (χ0n) is 11.1. The first-order valence-corrected chi connectivity index (χ1v) is 8.33. The van der Waals surface area contributed by atoms with Gasteiger partial charge in [-0.1, -0.05) is 6.07 Å². The minimum absolute atomic E-state index is 0. The first kappa shape index (κ1) is 25.0. The van der Waals surface area contributed by atoms with Gasteiger partial charge in [0.2, 0.25) is 0 Å². The standard InChI is InChI=1S/C11H15NO6S2.2Na.2H/c1-11(2,3)12-7-8-4-5-9(19(13,14)15)6-10(8)20(16,17)18;;;;/h4-7H,1-3H3,(H,13,14,15)(H,16,17,18);;;;. The first-order chi connectivity index (χ1) is 8.81. The summed E-state index contributed by atoms with van der Waals surface area (Å²) >= 11 is 0. The molecule has 11 heteroatoms. The fraction of sp³-hybridized carbons (Fsp3) is 0.364. The molecule has 116 valence electrons. The third-order valence-electron chi connectivity index (χ3n) is 2.15. The van der Waals surface area contributed by atoms with E-state index in [1.165, 1.54) is 6.21 Å². The molecule has 0 amide bonds. The minimum atomic E-state index is -4.65. The van der Waals surface area contributed by atoms with Gasteiger partial charge in [0, 0.05) is 11.8 Å². The van der Waals surface area contributed by atoms with Crippen molar-refractivity contribution in [3.05, 3.63) is 23.8 Å². The number of aliphatic imine (C=N–C) groups is 1. The Morgan fingerprint density at radius 1 is 1.00 bits per heavy atom. The van der Waals surface area contributed by atoms with E-state index in [-0.39, 0.29) is 64.7 Å². The van der Waals surface area contributed by atoms with Gasteiger partial charge in [0.15, 0.2) is 0 Å². The van der Waals surface area contributed by atoms with Crippen molar-refractivity contribution >= 4 is 85.6 Å². The van der Waals surface area contributed by atoms with E-state index < -0.39 is 35.6 Å². The van der Waals surface area contributed by atoms with E-state index in [1.54, 1.807) is 20.8 Å². The molecule has 0 saturated carbocycles. The molecule has 0 bridgehead atoms. The molecular weight excluding hydrogens is 352 g/mol. The van der Waals surface area contributed by atoms with Crippen molar-refractivity contribution in [1.82, 2.24) is 0 Å². The third kappa shape index (κ3) is 8.00. The summed E-state index contributed by atoms with van der Waals surface area (Å²) in [6.45, 7) is 5.34. The van der Waals surface area contributed by atoms with Crippen molar-refractivity contribution in [2.45, 2.75) is 36.1 Å². The van der Waals surface area contributed by atoms with Crippen molar-refractivity contribution in [2.24, 2.45) is 4.99 Å². The fourth-order valence-electron chi connectivity index (χ4n) is 1.27. The Balaban J connectivity index is 0. The number of hydrogen-bond donors (Lipinski definition) is 2. The molecule has 0 unspecified atom stereocenters. The molecule has 0 radical (unpaired) electrons. The van der Waals surface area contributed by atoms with Crippen LogP contribution < -0.4 is 0 Å². The van der Waals surface area contributed by atoms with Gasteiger partial charge in [-0.05, 0) is 32.9 Å². The maximum atomic E-state index is 11.3. The van der Waals surface area contributed by atoms with Crippen LogP contribution in [0, 0.1) is 0 Å². The summed E-state index contributed by atoms with van der Waals surface area (Å²) in [5.41, 5.74) is -0.451. The molecule has 0 spiro atoms. The summed E-state index contributed by atoms with van der Waals surface area (Å²) in [6, 6.07) is 2.84. The predicted octanol–water partition coefficient (Wildman–Crippen LogP) is 0.100. The van der Waals surface area contributed by atoms with Gasteiger partial charge in [-0.25, -0.2) is 0 Å². The SMILES string of the molecule is CC(C)(C)N=Cc1ccc(S(=O)(=O)O)cc1S(=O)(=O)O.[NaH].[NaH]. The topological polar surface area (TPSA) is 121 Å². The van der Waals surface area contributed by atoms with E-state index in [2.05, 4.69) is 4.99 Å². The summed E-state index contributed by atoms with van der Waals surface area (Å²) in [5.74, 6) is 0. The monoisotopic (exact) mass is 369 g/mol. The molecule has 2 N–H and O–H groups in total. The van der Waals surface area contributed by atoms with E-state index in [0.29, 0.717) is 6.07 Å². The Morgan fingerprint density at radius 3 is 1.86 bits per heavy atom. The first-order valence-electron chi connectivity index (χ1n) is 5.45. The molecule has 0 aromatic heterocycles. The second kappa shape index (κ2) is 8.70. The van der Waals surface area contributed by atoms with Gasteiger partial charge < -0.3 is 0 Å². The van der Waals surface area contributed by atoms with E-state index in [1.807, 2.05) is 0 Å². The third-order valence-corrected chi connectivity index (χ3v) is 3.91. The van der Waals surface area contributed by atoms with Crippen LogP contribution in [0.15, 0.2) is 33.0 Å². The van der Waals surface area contributed by atoms with Crippen LogP contribution in [0.4, 0.5) is 0 Å². The van der Waals surface area contributed by atoms with E-state index >= 15 is 0 Å².